The van der Waals surface area contributed by atoms with Crippen LogP contribution in [0.25, 0.3) is 21.9 Å². The fourth-order valence-electron chi connectivity index (χ4n) is 3.89. The Morgan fingerprint density at radius 2 is 0.917 bits per heavy atom. The third-order valence-corrected chi connectivity index (χ3v) is 5.99. The van der Waals surface area contributed by atoms with E-state index in [1.807, 2.05) is 74.5 Å². The summed E-state index contributed by atoms with van der Waals surface area (Å²) in [6.07, 6.45) is 0. The lowest BCUT2D eigenvalue weighted by Gasteiger charge is -2.09. The normalized spacial score (nSPS) is 10.7. The first-order chi connectivity index (χ1) is 17.4. The molecule has 0 aliphatic carbocycles. The first kappa shape index (κ1) is 23.1. The Bertz CT molecular complexity index is 1550. The lowest BCUT2D eigenvalue weighted by Crippen LogP contribution is -2.08. The second-order valence-electron chi connectivity index (χ2n) is 8.76. The maximum Gasteiger partial charge on any atom is 0.343 e. The molecule has 0 N–H and O–H groups in total. The molecule has 0 saturated carbocycles. The van der Waals surface area contributed by atoms with Crippen molar-refractivity contribution >= 4 is 22.7 Å². The van der Waals surface area contributed by atoms with Gasteiger partial charge in [0.05, 0.1) is 11.1 Å². The molecule has 4 nitrogen and oxygen atoms in total. The molecule has 5 rings (SSSR count). The zero-order valence-electron chi connectivity index (χ0n) is 20.0. The van der Waals surface area contributed by atoms with Crippen molar-refractivity contribution in [2.45, 2.75) is 13.8 Å². The number of hydrogen-bond acceptors (Lipinski definition) is 4. The number of esters is 2. The molecule has 5 aromatic carbocycles. The maximum atomic E-state index is 12.4. The summed E-state index contributed by atoms with van der Waals surface area (Å²) in [5, 5.41) is 1.99. The van der Waals surface area contributed by atoms with E-state index in [1.165, 1.54) is 0 Å². The highest BCUT2D eigenvalue weighted by molar-refractivity contribution is 5.93. The van der Waals surface area contributed by atoms with Crippen molar-refractivity contribution < 1.29 is 19.1 Å². The van der Waals surface area contributed by atoms with Crippen molar-refractivity contribution in [3.8, 4) is 22.6 Å². The van der Waals surface area contributed by atoms with Gasteiger partial charge >= 0.3 is 11.9 Å². The number of benzene rings is 5. The van der Waals surface area contributed by atoms with Crippen LogP contribution < -0.4 is 9.47 Å². The molecule has 36 heavy (non-hydrogen) atoms. The summed E-state index contributed by atoms with van der Waals surface area (Å²) in [6.45, 7) is 3.95. The molecule has 0 atom stereocenters. The van der Waals surface area contributed by atoms with Crippen LogP contribution in [0, 0.1) is 13.8 Å². The minimum atomic E-state index is -0.382. The van der Waals surface area contributed by atoms with E-state index in [0.29, 0.717) is 22.6 Å². The van der Waals surface area contributed by atoms with Gasteiger partial charge in [-0.15, -0.1) is 0 Å². The van der Waals surface area contributed by atoms with Crippen molar-refractivity contribution in [1.82, 2.24) is 0 Å². The van der Waals surface area contributed by atoms with E-state index in [1.54, 1.807) is 42.5 Å². The van der Waals surface area contributed by atoms with Gasteiger partial charge in [-0.1, -0.05) is 65.7 Å². The van der Waals surface area contributed by atoms with Gasteiger partial charge in [0, 0.05) is 0 Å². The van der Waals surface area contributed by atoms with Crippen LogP contribution in [-0.2, 0) is 0 Å². The fourth-order valence-corrected chi connectivity index (χ4v) is 3.89. The summed E-state index contributed by atoms with van der Waals surface area (Å²) >= 11 is 0. The van der Waals surface area contributed by atoms with Crippen LogP contribution in [0.15, 0.2) is 109 Å². The third-order valence-electron chi connectivity index (χ3n) is 5.99. The average Bonchev–Trinajstić information content (AvgIpc) is 2.89. The standard InChI is InChI=1S/C32H24O4/c1-21-3-7-24(8-4-21)31(33)35-29-16-13-23(14-17-29)26-11-12-28-20-30(18-15-27(28)19-26)36-32(34)25-9-5-22(2)6-10-25/h3-20H,1-2H3. The van der Waals surface area contributed by atoms with Crippen LogP contribution in [0.3, 0.4) is 0 Å². The Morgan fingerprint density at radius 1 is 0.472 bits per heavy atom. The van der Waals surface area contributed by atoms with Crippen LogP contribution >= 0.6 is 0 Å². The topological polar surface area (TPSA) is 52.6 Å². The van der Waals surface area contributed by atoms with E-state index in [0.717, 1.165) is 33.0 Å². The van der Waals surface area contributed by atoms with Crippen LogP contribution in [0.4, 0.5) is 0 Å². The Labute approximate surface area is 209 Å². The Hall–Kier alpha value is -4.70. The second-order valence-corrected chi connectivity index (χ2v) is 8.76. The highest BCUT2D eigenvalue weighted by atomic mass is 16.5. The number of carbonyl (C=O) groups is 2. The SMILES string of the molecule is Cc1ccc(C(=O)Oc2ccc(-c3ccc4cc(OC(=O)c5ccc(C)cc5)ccc4c3)cc2)cc1. The van der Waals surface area contributed by atoms with Crippen molar-refractivity contribution in [2.75, 3.05) is 0 Å². The second kappa shape index (κ2) is 9.88. The van der Waals surface area contributed by atoms with Crippen LogP contribution in [0.1, 0.15) is 31.8 Å². The molecule has 0 unspecified atom stereocenters. The molecule has 0 aromatic heterocycles. The molecule has 4 heteroatoms. The van der Waals surface area contributed by atoms with E-state index in [9.17, 15) is 9.59 Å². The third kappa shape index (κ3) is 5.18. The van der Waals surface area contributed by atoms with Gasteiger partial charge in [0.1, 0.15) is 11.5 Å². The van der Waals surface area contributed by atoms with Gasteiger partial charge < -0.3 is 9.47 Å². The summed E-state index contributed by atoms with van der Waals surface area (Å²) in [5.41, 5.74) is 5.24. The minimum Gasteiger partial charge on any atom is -0.423 e. The monoisotopic (exact) mass is 472 g/mol. The molecule has 0 aliphatic heterocycles. The zero-order chi connectivity index (χ0) is 25.1. The molecule has 0 radical (unpaired) electrons. The molecule has 5 aromatic rings. The summed E-state index contributed by atoms with van der Waals surface area (Å²) in [6, 6.07) is 33.7. The molecule has 0 bridgehead atoms. The Kier molecular flexibility index (Phi) is 6.33. The number of aryl methyl sites for hydroxylation is 2. The highest BCUT2D eigenvalue weighted by Gasteiger charge is 2.10. The van der Waals surface area contributed by atoms with Crippen molar-refractivity contribution in [3.63, 3.8) is 0 Å². The molecular weight excluding hydrogens is 448 g/mol. The highest BCUT2D eigenvalue weighted by Crippen LogP contribution is 2.29. The predicted molar refractivity (Wildman–Crippen MR) is 142 cm³/mol. The van der Waals surface area contributed by atoms with Gasteiger partial charge in [-0.3, -0.25) is 0 Å². The molecule has 0 aliphatic rings. The predicted octanol–water partition coefficient (Wildman–Crippen LogP) is 7.56. The molecule has 176 valence electrons. The van der Waals surface area contributed by atoms with Crippen LogP contribution in [0.2, 0.25) is 0 Å². The molecule has 0 heterocycles. The molecular formula is C32H24O4. The average molecular weight is 473 g/mol. The smallest absolute Gasteiger partial charge is 0.343 e. The van der Waals surface area contributed by atoms with Gasteiger partial charge in [-0.25, -0.2) is 9.59 Å². The number of carbonyl (C=O) groups excluding carboxylic acids is 2. The van der Waals surface area contributed by atoms with Gasteiger partial charge in [-0.05, 0) is 90.3 Å². The van der Waals surface area contributed by atoms with Crippen LogP contribution in [-0.4, -0.2) is 11.9 Å². The van der Waals surface area contributed by atoms with Crippen LogP contribution in [0.5, 0.6) is 11.5 Å². The Morgan fingerprint density at radius 3 is 1.50 bits per heavy atom. The number of rotatable bonds is 5. The van der Waals surface area contributed by atoms with E-state index >= 15 is 0 Å². The maximum absolute atomic E-state index is 12.4. The molecule has 0 amide bonds. The quantitative estimate of drug-likeness (QED) is 0.196. The largest absolute Gasteiger partial charge is 0.423 e. The van der Waals surface area contributed by atoms with Gasteiger partial charge in [0.25, 0.3) is 0 Å². The van der Waals surface area contributed by atoms with E-state index < -0.39 is 0 Å². The van der Waals surface area contributed by atoms with E-state index in [-0.39, 0.29) is 11.9 Å². The first-order valence-corrected chi connectivity index (χ1v) is 11.7. The Balaban J connectivity index is 1.29. The summed E-state index contributed by atoms with van der Waals surface area (Å²) in [7, 11) is 0. The van der Waals surface area contributed by atoms with E-state index in [2.05, 4.69) is 6.07 Å². The van der Waals surface area contributed by atoms with E-state index in [4.69, 9.17) is 9.47 Å². The number of ether oxygens (including phenoxy) is 2. The first-order valence-electron chi connectivity index (χ1n) is 11.7. The molecule has 0 spiro atoms. The van der Waals surface area contributed by atoms with Crippen molar-refractivity contribution in [2.24, 2.45) is 0 Å². The minimum absolute atomic E-state index is 0.380. The summed E-state index contributed by atoms with van der Waals surface area (Å²) < 4.78 is 11.1. The number of hydrogen-bond donors (Lipinski definition) is 0. The van der Waals surface area contributed by atoms with Gasteiger partial charge in [0.15, 0.2) is 0 Å². The fraction of sp³-hybridized carbons (Fsp3) is 0.0625. The zero-order valence-corrected chi connectivity index (χ0v) is 20.0. The summed E-state index contributed by atoms with van der Waals surface area (Å²) in [4.78, 5) is 24.8. The number of fused-ring (bicyclic) bond motifs is 1. The van der Waals surface area contributed by atoms with Gasteiger partial charge in [0.2, 0.25) is 0 Å². The lowest BCUT2D eigenvalue weighted by atomic mass is 10.0. The van der Waals surface area contributed by atoms with Crippen molar-refractivity contribution in [1.29, 1.82) is 0 Å². The van der Waals surface area contributed by atoms with Crippen molar-refractivity contribution in [3.05, 3.63) is 131 Å². The van der Waals surface area contributed by atoms with Gasteiger partial charge in [-0.2, -0.15) is 0 Å². The summed E-state index contributed by atoms with van der Waals surface area (Å²) in [5.74, 6) is 0.229. The molecule has 0 saturated heterocycles. The lowest BCUT2D eigenvalue weighted by molar-refractivity contribution is 0.0725. The molecule has 0 fully saturated rings.